The van der Waals surface area contributed by atoms with Gasteiger partial charge in [0.2, 0.25) is 0 Å². The Labute approximate surface area is 73.3 Å². The topological polar surface area (TPSA) is 0 Å². The smallest absolute Gasteiger partial charge is 0.00915 e. The zero-order chi connectivity index (χ0) is 8.23. The average Bonchev–Trinajstić information content (AvgIpc) is 2.38. The zero-order valence-corrected chi connectivity index (χ0v) is 7.03. The van der Waals surface area contributed by atoms with Gasteiger partial charge in [-0.3, -0.25) is 0 Å². The lowest BCUT2D eigenvalue weighted by atomic mass is 10.0. The lowest BCUT2D eigenvalue weighted by Crippen LogP contribution is -1.82. The summed E-state index contributed by atoms with van der Waals surface area (Å²) < 4.78 is 0. The van der Waals surface area contributed by atoms with E-state index in [0.29, 0.717) is 0 Å². The summed E-state index contributed by atoms with van der Waals surface area (Å²) in [6, 6.07) is 0. The monoisotopic (exact) mass is 156 g/mol. The van der Waals surface area contributed by atoms with Crippen molar-refractivity contribution in [1.29, 1.82) is 0 Å². The average molecular weight is 156 g/mol. The molecular formula is C12H12. The Morgan fingerprint density at radius 1 is 0.667 bits per heavy atom. The summed E-state index contributed by atoms with van der Waals surface area (Å²) in [4.78, 5) is 0. The molecule has 2 aliphatic carbocycles. The SMILES string of the molecule is C1=CCC2=C(C=C1)CC=CC=C2. The molecule has 60 valence electrons. The summed E-state index contributed by atoms with van der Waals surface area (Å²) >= 11 is 0. The van der Waals surface area contributed by atoms with Crippen LogP contribution in [0.4, 0.5) is 0 Å². The van der Waals surface area contributed by atoms with E-state index in [4.69, 9.17) is 0 Å². The first-order valence-corrected chi connectivity index (χ1v) is 4.35. The van der Waals surface area contributed by atoms with Crippen molar-refractivity contribution in [3.8, 4) is 0 Å². The van der Waals surface area contributed by atoms with Crippen LogP contribution in [-0.2, 0) is 0 Å². The molecule has 0 heteroatoms. The van der Waals surface area contributed by atoms with Crippen molar-refractivity contribution >= 4 is 0 Å². The van der Waals surface area contributed by atoms with E-state index >= 15 is 0 Å². The van der Waals surface area contributed by atoms with Crippen LogP contribution in [0.25, 0.3) is 0 Å². The summed E-state index contributed by atoms with van der Waals surface area (Å²) in [5.74, 6) is 0. The minimum Gasteiger partial charge on any atom is -0.0801 e. The van der Waals surface area contributed by atoms with Crippen molar-refractivity contribution in [2.75, 3.05) is 0 Å². The molecule has 0 spiro atoms. The first kappa shape index (κ1) is 7.35. The van der Waals surface area contributed by atoms with Crippen molar-refractivity contribution in [3.63, 3.8) is 0 Å². The number of hydrogen-bond donors (Lipinski definition) is 0. The molecule has 0 radical (unpaired) electrons. The quantitative estimate of drug-likeness (QED) is 0.504. The molecule has 2 aliphatic rings. The van der Waals surface area contributed by atoms with Crippen molar-refractivity contribution in [2.45, 2.75) is 12.8 Å². The third kappa shape index (κ3) is 1.48. The normalized spacial score (nSPS) is 20.7. The van der Waals surface area contributed by atoms with E-state index < -0.39 is 0 Å². The number of hydrogen-bond acceptors (Lipinski definition) is 0. The summed E-state index contributed by atoms with van der Waals surface area (Å²) in [6.07, 6.45) is 19.4. The van der Waals surface area contributed by atoms with Gasteiger partial charge in [0, 0.05) is 0 Å². The Balaban J connectivity index is 2.36. The summed E-state index contributed by atoms with van der Waals surface area (Å²) in [5.41, 5.74) is 2.90. The third-order valence-corrected chi connectivity index (χ3v) is 2.18. The van der Waals surface area contributed by atoms with Gasteiger partial charge in [0.1, 0.15) is 0 Å². The highest BCUT2D eigenvalue weighted by atomic mass is 14.1. The maximum Gasteiger partial charge on any atom is -0.00915 e. The maximum absolute atomic E-state index is 2.21. The second-order valence-corrected chi connectivity index (χ2v) is 3.03. The number of allylic oxidation sites excluding steroid dienone is 10. The molecule has 0 bridgehead atoms. The van der Waals surface area contributed by atoms with Crippen LogP contribution in [0.3, 0.4) is 0 Å². The maximum atomic E-state index is 2.21. The van der Waals surface area contributed by atoms with E-state index in [1.54, 1.807) is 0 Å². The fourth-order valence-electron chi connectivity index (χ4n) is 1.50. The van der Waals surface area contributed by atoms with Crippen LogP contribution < -0.4 is 0 Å². The second-order valence-electron chi connectivity index (χ2n) is 3.03. The molecule has 0 aromatic rings. The Hall–Kier alpha value is -1.30. The standard InChI is InChI=1S/C12H12/c1-3-7-11-9-5-2-6-10-12(11)8-4-1/h1-7,10H,8-9H2. The lowest BCUT2D eigenvalue weighted by Gasteiger charge is -2.01. The minimum absolute atomic E-state index is 1.07. The molecule has 0 aromatic carbocycles. The summed E-state index contributed by atoms with van der Waals surface area (Å²) in [5, 5.41) is 0. The van der Waals surface area contributed by atoms with Crippen LogP contribution in [0.1, 0.15) is 12.8 Å². The van der Waals surface area contributed by atoms with Crippen LogP contribution in [0.2, 0.25) is 0 Å². The van der Waals surface area contributed by atoms with Crippen LogP contribution in [0.15, 0.2) is 59.8 Å². The van der Waals surface area contributed by atoms with Gasteiger partial charge in [-0.2, -0.15) is 0 Å². The molecule has 12 heavy (non-hydrogen) atoms. The van der Waals surface area contributed by atoms with Crippen molar-refractivity contribution in [1.82, 2.24) is 0 Å². The van der Waals surface area contributed by atoms with Crippen molar-refractivity contribution in [3.05, 3.63) is 59.8 Å². The lowest BCUT2D eigenvalue weighted by molar-refractivity contribution is 1.18. The highest BCUT2D eigenvalue weighted by Crippen LogP contribution is 2.21. The number of rotatable bonds is 0. The predicted molar refractivity (Wildman–Crippen MR) is 52.8 cm³/mol. The van der Waals surface area contributed by atoms with Gasteiger partial charge in [-0.1, -0.05) is 48.6 Å². The van der Waals surface area contributed by atoms with Gasteiger partial charge in [-0.05, 0) is 24.0 Å². The fourth-order valence-corrected chi connectivity index (χ4v) is 1.50. The molecule has 0 fully saturated rings. The molecule has 0 aliphatic heterocycles. The first-order chi connectivity index (χ1) is 5.97. The van der Waals surface area contributed by atoms with Gasteiger partial charge in [-0.15, -0.1) is 0 Å². The van der Waals surface area contributed by atoms with Crippen molar-refractivity contribution in [2.24, 2.45) is 0 Å². The minimum atomic E-state index is 1.07. The molecule has 0 aromatic heterocycles. The Kier molecular flexibility index (Phi) is 2.08. The van der Waals surface area contributed by atoms with Gasteiger partial charge >= 0.3 is 0 Å². The van der Waals surface area contributed by atoms with E-state index in [2.05, 4.69) is 48.6 Å². The zero-order valence-electron chi connectivity index (χ0n) is 7.03. The van der Waals surface area contributed by atoms with E-state index in [1.165, 1.54) is 11.1 Å². The summed E-state index contributed by atoms with van der Waals surface area (Å²) in [7, 11) is 0. The molecule has 0 N–H and O–H groups in total. The largest absolute Gasteiger partial charge is 0.0801 e. The van der Waals surface area contributed by atoms with Gasteiger partial charge in [0.05, 0.1) is 0 Å². The predicted octanol–water partition coefficient (Wildman–Crippen LogP) is 3.32. The fraction of sp³-hybridized carbons (Fsp3) is 0.167. The second kappa shape index (κ2) is 3.40. The molecule has 0 amide bonds. The van der Waals surface area contributed by atoms with Gasteiger partial charge in [0.25, 0.3) is 0 Å². The summed E-state index contributed by atoms with van der Waals surface area (Å²) in [6.45, 7) is 0. The third-order valence-electron chi connectivity index (χ3n) is 2.18. The van der Waals surface area contributed by atoms with E-state index in [0.717, 1.165) is 12.8 Å². The van der Waals surface area contributed by atoms with Crippen LogP contribution >= 0.6 is 0 Å². The molecule has 0 unspecified atom stereocenters. The van der Waals surface area contributed by atoms with Crippen LogP contribution in [0, 0.1) is 0 Å². The van der Waals surface area contributed by atoms with Crippen molar-refractivity contribution < 1.29 is 0 Å². The van der Waals surface area contributed by atoms with E-state index in [1.807, 2.05) is 0 Å². The Bertz CT molecular complexity index is 277. The molecule has 2 rings (SSSR count). The molecule has 0 nitrogen and oxygen atoms in total. The highest BCUT2D eigenvalue weighted by molar-refractivity contribution is 5.42. The molecule has 0 saturated carbocycles. The highest BCUT2D eigenvalue weighted by Gasteiger charge is 2.01. The molecule has 0 atom stereocenters. The Morgan fingerprint density at radius 2 is 1.17 bits per heavy atom. The van der Waals surface area contributed by atoms with E-state index in [9.17, 15) is 0 Å². The van der Waals surface area contributed by atoms with Gasteiger partial charge < -0.3 is 0 Å². The molecule has 0 saturated heterocycles. The van der Waals surface area contributed by atoms with Gasteiger partial charge in [0.15, 0.2) is 0 Å². The van der Waals surface area contributed by atoms with E-state index in [-0.39, 0.29) is 0 Å². The van der Waals surface area contributed by atoms with Crippen LogP contribution in [0.5, 0.6) is 0 Å². The first-order valence-electron chi connectivity index (χ1n) is 4.35. The Morgan fingerprint density at radius 3 is 1.67 bits per heavy atom. The van der Waals surface area contributed by atoms with Crippen LogP contribution in [-0.4, -0.2) is 0 Å². The molecular weight excluding hydrogens is 144 g/mol. The molecule has 0 heterocycles. The van der Waals surface area contributed by atoms with Gasteiger partial charge in [-0.25, -0.2) is 0 Å².